The first kappa shape index (κ1) is 11.6. The van der Waals surface area contributed by atoms with Gasteiger partial charge in [0, 0.05) is 0 Å². The molecule has 1 unspecified atom stereocenters. The summed E-state index contributed by atoms with van der Waals surface area (Å²) in [6.45, 7) is 4.09. The van der Waals surface area contributed by atoms with Crippen LogP contribution >= 0.6 is 0 Å². The largest absolute Gasteiger partial charge is 0.481 e. The predicted octanol–water partition coefficient (Wildman–Crippen LogP) is 2.78. The lowest BCUT2D eigenvalue weighted by molar-refractivity contribution is -0.137. The van der Waals surface area contributed by atoms with Crippen molar-refractivity contribution in [2.45, 2.75) is 26.2 Å². The molecule has 1 aromatic heterocycles. The summed E-state index contributed by atoms with van der Waals surface area (Å²) in [6, 6.07) is 5.89. The molecule has 0 aliphatic rings. The SMILES string of the molecule is CC(C)C(CC(=O)O)c1ccc2nc[nH]c2c1. The van der Waals surface area contributed by atoms with E-state index in [-0.39, 0.29) is 12.3 Å². The van der Waals surface area contributed by atoms with Gasteiger partial charge in [0.25, 0.3) is 0 Å². The van der Waals surface area contributed by atoms with Crippen LogP contribution in [0, 0.1) is 5.92 Å². The van der Waals surface area contributed by atoms with Crippen LogP contribution in [0.3, 0.4) is 0 Å². The van der Waals surface area contributed by atoms with E-state index in [4.69, 9.17) is 5.11 Å². The first-order valence-corrected chi connectivity index (χ1v) is 5.72. The minimum atomic E-state index is -0.756. The maximum atomic E-state index is 10.9. The van der Waals surface area contributed by atoms with Gasteiger partial charge in [-0.1, -0.05) is 19.9 Å². The number of aromatic amines is 1. The first-order chi connectivity index (χ1) is 8.08. The Kier molecular flexibility index (Phi) is 3.13. The van der Waals surface area contributed by atoms with Crippen molar-refractivity contribution >= 4 is 17.0 Å². The molecule has 0 aliphatic carbocycles. The summed E-state index contributed by atoms with van der Waals surface area (Å²) in [4.78, 5) is 18.1. The minimum Gasteiger partial charge on any atom is -0.481 e. The van der Waals surface area contributed by atoms with Gasteiger partial charge in [0.05, 0.1) is 23.8 Å². The Hall–Kier alpha value is -1.84. The molecule has 0 radical (unpaired) electrons. The minimum absolute atomic E-state index is 0.0419. The Morgan fingerprint density at radius 1 is 1.47 bits per heavy atom. The van der Waals surface area contributed by atoms with Gasteiger partial charge in [-0.05, 0) is 29.5 Å². The van der Waals surface area contributed by atoms with E-state index in [9.17, 15) is 4.79 Å². The molecule has 0 bridgehead atoms. The summed E-state index contributed by atoms with van der Waals surface area (Å²) in [5, 5.41) is 8.95. The molecule has 0 saturated carbocycles. The number of H-pyrrole nitrogens is 1. The van der Waals surface area contributed by atoms with Crippen molar-refractivity contribution in [1.29, 1.82) is 0 Å². The second-order valence-corrected chi connectivity index (χ2v) is 4.63. The zero-order valence-corrected chi connectivity index (χ0v) is 9.97. The molecule has 17 heavy (non-hydrogen) atoms. The highest BCUT2D eigenvalue weighted by Crippen LogP contribution is 2.29. The number of hydrogen-bond donors (Lipinski definition) is 2. The van der Waals surface area contributed by atoms with Crippen molar-refractivity contribution in [3.8, 4) is 0 Å². The Bertz CT molecular complexity index is 531. The third kappa shape index (κ3) is 2.46. The molecule has 1 heterocycles. The highest BCUT2D eigenvalue weighted by molar-refractivity contribution is 5.76. The van der Waals surface area contributed by atoms with Crippen molar-refractivity contribution in [1.82, 2.24) is 9.97 Å². The topological polar surface area (TPSA) is 66.0 Å². The molecule has 4 nitrogen and oxygen atoms in total. The van der Waals surface area contributed by atoms with Gasteiger partial charge in [-0.15, -0.1) is 0 Å². The fourth-order valence-corrected chi connectivity index (χ4v) is 2.11. The summed E-state index contributed by atoms with van der Waals surface area (Å²) in [5.41, 5.74) is 2.92. The van der Waals surface area contributed by atoms with Crippen LogP contribution in [0.1, 0.15) is 31.7 Å². The highest BCUT2D eigenvalue weighted by atomic mass is 16.4. The van der Waals surface area contributed by atoms with Gasteiger partial charge in [0.15, 0.2) is 0 Å². The van der Waals surface area contributed by atoms with Crippen LogP contribution in [0.5, 0.6) is 0 Å². The Labute approximate surface area is 99.7 Å². The number of aliphatic carboxylic acids is 1. The third-order valence-electron chi connectivity index (χ3n) is 3.07. The molecule has 2 N–H and O–H groups in total. The number of imidazole rings is 1. The van der Waals surface area contributed by atoms with Crippen molar-refractivity contribution in [3.05, 3.63) is 30.1 Å². The molecule has 2 rings (SSSR count). The number of aromatic nitrogens is 2. The van der Waals surface area contributed by atoms with E-state index in [0.29, 0.717) is 5.92 Å². The van der Waals surface area contributed by atoms with Gasteiger partial charge < -0.3 is 10.1 Å². The van der Waals surface area contributed by atoms with Gasteiger partial charge in [0.1, 0.15) is 0 Å². The average molecular weight is 232 g/mol. The normalized spacial score (nSPS) is 13.1. The lowest BCUT2D eigenvalue weighted by Gasteiger charge is -2.19. The van der Waals surface area contributed by atoms with E-state index < -0.39 is 5.97 Å². The van der Waals surface area contributed by atoms with E-state index in [1.165, 1.54) is 0 Å². The van der Waals surface area contributed by atoms with E-state index in [1.54, 1.807) is 6.33 Å². The third-order valence-corrected chi connectivity index (χ3v) is 3.07. The molecule has 1 atom stereocenters. The molecule has 90 valence electrons. The molecule has 0 fully saturated rings. The van der Waals surface area contributed by atoms with Crippen molar-refractivity contribution in [2.75, 3.05) is 0 Å². The predicted molar refractivity (Wildman–Crippen MR) is 65.9 cm³/mol. The van der Waals surface area contributed by atoms with Crippen LogP contribution in [-0.2, 0) is 4.79 Å². The molecular weight excluding hydrogens is 216 g/mol. The molecule has 1 aromatic carbocycles. The number of carbonyl (C=O) groups is 1. The van der Waals surface area contributed by atoms with Gasteiger partial charge in [-0.25, -0.2) is 4.98 Å². The standard InChI is InChI=1S/C13H16N2O2/c1-8(2)10(6-13(16)17)9-3-4-11-12(5-9)15-7-14-11/h3-5,7-8,10H,6H2,1-2H3,(H,14,15)(H,16,17). The molecule has 4 heteroatoms. The van der Waals surface area contributed by atoms with Gasteiger partial charge in [-0.3, -0.25) is 4.79 Å². The molecule has 0 amide bonds. The fraction of sp³-hybridized carbons (Fsp3) is 0.385. The van der Waals surface area contributed by atoms with Gasteiger partial charge >= 0.3 is 5.97 Å². The summed E-state index contributed by atoms with van der Waals surface area (Å²) in [5.74, 6) is -0.417. The van der Waals surface area contributed by atoms with E-state index >= 15 is 0 Å². The number of fused-ring (bicyclic) bond motifs is 1. The van der Waals surface area contributed by atoms with Crippen LogP contribution in [-0.4, -0.2) is 21.0 Å². The van der Waals surface area contributed by atoms with Crippen molar-refractivity contribution < 1.29 is 9.90 Å². The molecular formula is C13H16N2O2. The van der Waals surface area contributed by atoms with E-state index in [0.717, 1.165) is 16.6 Å². The zero-order chi connectivity index (χ0) is 12.4. The smallest absolute Gasteiger partial charge is 0.303 e. The van der Waals surface area contributed by atoms with E-state index in [2.05, 4.69) is 9.97 Å². The Morgan fingerprint density at radius 2 is 2.24 bits per heavy atom. The number of benzene rings is 1. The second kappa shape index (κ2) is 4.57. The van der Waals surface area contributed by atoms with Gasteiger partial charge in [0.2, 0.25) is 0 Å². The molecule has 0 aliphatic heterocycles. The lowest BCUT2D eigenvalue weighted by Crippen LogP contribution is -2.12. The molecule has 2 aromatic rings. The number of nitrogens with one attached hydrogen (secondary N) is 1. The van der Waals surface area contributed by atoms with Crippen molar-refractivity contribution in [2.24, 2.45) is 5.92 Å². The molecule has 0 spiro atoms. The fourth-order valence-electron chi connectivity index (χ4n) is 2.11. The Morgan fingerprint density at radius 3 is 2.88 bits per heavy atom. The number of rotatable bonds is 4. The van der Waals surface area contributed by atoms with Crippen LogP contribution in [0.2, 0.25) is 0 Å². The van der Waals surface area contributed by atoms with Crippen LogP contribution in [0.15, 0.2) is 24.5 Å². The summed E-state index contributed by atoms with van der Waals surface area (Å²) < 4.78 is 0. The number of carboxylic acid groups (broad SMARTS) is 1. The zero-order valence-electron chi connectivity index (χ0n) is 9.97. The monoisotopic (exact) mass is 232 g/mol. The Balaban J connectivity index is 2.37. The summed E-state index contributed by atoms with van der Waals surface area (Å²) in [7, 11) is 0. The van der Waals surface area contributed by atoms with E-state index in [1.807, 2.05) is 32.0 Å². The summed E-state index contributed by atoms with van der Waals surface area (Å²) in [6.07, 6.45) is 1.81. The maximum absolute atomic E-state index is 10.9. The second-order valence-electron chi connectivity index (χ2n) is 4.63. The number of hydrogen-bond acceptors (Lipinski definition) is 2. The lowest BCUT2D eigenvalue weighted by atomic mass is 9.85. The van der Waals surface area contributed by atoms with Gasteiger partial charge in [-0.2, -0.15) is 0 Å². The number of carboxylic acids is 1. The van der Waals surface area contributed by atoms with Crippen LogP contribution < -0.4 is 0 Å². The van der Waals surface area contributed by atoms with Crippen LogP contribution in [0.4, 0.5) is 0 Å². The first-order valence-electron chi connectivity index (χ1n) is 5.72. The maximum Gasteiger partial charge on any atom is 0.303 e. The quantitative estimate of drug-likeness (QED) is 0.851. The summed E-state index contributed by atoms with van der Waals surface area (Å²) >= 11 is 0. The molecule has 0 saturated heterocycles. The highest BCUT2D eigenvalue weighted by Gasteiger charge is 2.19. The van der Waals surface area contributed by atoms with Crippen molar-refractivity contribution in [3.63, 3.8) is 0 Å². The number of nitrogens with zero attached hydrogens (tertiary/aromatic N) is 1. The average Bonchev–Trinajstić information content (AvgIpc) is 2.72. The van der Waals surface area contributed by atoms with Crippen LogP contribution in [0.25, 0.3) is 11.0 Å².